The molecule has 0 bridgehead atoms. The van der Waals surface area contributed by atoms with E-state index in [1.54, 1.807) is 11.1 Å². The molecule has 1 N–H and O–H groups in total. The highest BCUT2D eigenvalue weighted by molar-refractivity contribution is 7.14. The van der Waals surface area contributed by atoms with Gasteiger partial charge in [-0.2, -0.15) is 0 Å². The molecule has 1 aromatic carbocycles. The molecule has 2 fully saturated rings. The minimum absolute atomic E-state index is 0.328. The van der Waals surface area contributed by atoms with Crippen molar-refractivity contribution in [2.24, 2.45) is 11.8 Å². The van der Waals surface area contributed by atoms with Gasteiger partial charge in [-0.1, -0.05) is 39.8 Å². The number of aromatic nitrogens is 1. The molecule has 0 unspecified atom stereocenters. The van der Waals surface area contributed by atoms with Crippen LogP contribution in [0.3, 0.4) is 0 Å². The molecule has 2 saturated heterocycles. The first-order chi connectivity index (χ1) is 17.1. The smallest absolute Gasteiger partial charge is 0.185 e. The number of fused-ring (bicyclic) bond motifs is 1. The van der Waals surface area contributed by atoms with Crippen molar-refractivity contribution in [3.05, 3.63) is 34.7 Å². The van der Waals surface area contributed by atoms with Crippen molar-refractivity contribution in [2.75, 3.05) is 31.1 Å². The Morgan fingerprint density at radius 2 is 1.46 bits per heavy atom. The summed E-state index contributed by atoms with van der Waals surface area (Å²) >= 11 is 1.85. The molecule has 3 heterocycles. The van der Waals surface area contributed by atoms with E-state index in [4.69, 9.17) is 4.98 Å². The highest BCUT2D eigenvalue weighted by atomic mass is 32.1. The quantitative estimate of drug-likeness (QED) is 0.424. The van der Waals surface area contributed by atoms with Crippen LogP contribution in [0.15, 0.2) is 23.6 Å². The van der Waals surface area contributed by atoms with Crippen LogP contribution in [0, 0.1) is 11.8 Å². The molecule has 5 rings (SSSR count). The summed E-state index contributed by atoms with van der Waals surface area (Å²) < 4.78 is 0. The molecule has 2 aromatic rings. The molecule has 0 spiro atoms. The van der Waals surface area contributed by atoms with E-state index in [1.807, 2.05) is 11.3 Å². The van der Waals surface area contributed by atoms with Crippen molar-refractivity contribution >= 4 is 16.5 Å². The Labute approximate surface area is 218 Å². The minimum atomic E-state index is 0.328. The molecule has 0 radical (unpaired) electrons. The topological polar surface area (TPSA) is 28.2 Å². The maximum Gasteiger partial charge on any atom is 0.185 e. The summed E-state index contributed by atoms with van der Waals surface area (Å²) in [6.07, 6.45) is 13.0. The predicted octanol–water partition coefficient (Wildman–Crippen LogP) is 7.94. The maximum absolute atomic E-state index is 5.20. The first-order valence-electron chi connectivity index (χ1n) is 14.6. The van der Waals surface area contributed by atoms with E-state index in [0.717, 1.165) is 11.8 Å². The normalized spacial score (nSPS) is 22.8. The maximum atomic E-state index is 5.20. The van der Waals surface area contributed by atoms with Crippen molar-refractivity contribution in [1.29, 1.82) is 0 Å². The predicted molar refractivity (Wildman–Crippen MR) is 152 cm³/mol. The van der Waals surface area contributed by atoms with Gasteiger partial charge in [-0.25, -0.2) is 4.98 Å². The average molecular weight is 494 g/mol. The molecular weight excluding hydrogens is 446 g/mol. The van der Waals surface area contributed by atoms with Crippen molar-refractivity contribution in [1.82, 2.24) is 10.3 Å². The Balaban J connectivity index is 1.37. The molecule has 1 aliphatic carbocycles. The number of thiazole rings is 1. The van der Waals surface area contributed by atoms with Crippen LogP contribution in [-0.2, 0) is 10.8 Å². The van der Waals surface area contributed by atoms with Crippen LogP contribution in [0.25, 0.3) is 11.3 Å². The Morgan fingerprint density at radius 1 is 0.857 bits per heavy atom. The lowest BCUT2D eigenvalue weighted by Gasteiger charge is -2.48. The highest BCUT2D eigenvalue weighted by Gasteiger charge is 2.43. The summed E-state index contributed by atoms with van der Waals surface area (Å²) in [5.41, 5.74) is 6.45. The van der Waals surface area contributed by atoms with E-state index in [0.29, 0.717) is 10.8 Å². The second-order valence-corrected chi connectivity index (χ2v) is 12.5. The van der Waals surface area contributed by atoms with Crippen LogP contribution in [0.5, 0.6) is 0 Å². The van der Waals surface area contributed by atoms with E-state index in [1.165, 1.54) is 107 Å². The van der Waals surface area contributed by atoms with Crippen LogP contribution < -0.4 is 10.2 Å². The molecule has 0 atom stereocenters. The summed E-state index contributed by atoms with van der Waals surface area (Å²) in [4.78, 5) is 7.76. The van der Waals surface area contributed by atoms with Gasteiger partial charge in [0.2, 0.25) is 0 Å². The lowest BCUT2D eigenvalue weighted by molar-refractivity contribution is 0.222. The van der Waals surface area contributed by atoms with E-state index in [2.05, 4.69) is 61.5 Å². The molecule has 3 nitrogen and oxygen atoms in total. The summed E-state index contributed by atoms with van der Waals surface area (Å²) in [6, 6.07) is 7.41. The minimum Gasteiger partial charge on any atom is -0.348 e. The van der Waals surface area contributed by atoms with Gasteiger partial charge in [0.25, 0.3) is 0 Å². The Morgan fingerprint density at radius 3 is 2.09 bits per heavy atom. The first kappa shape index (κ1) is 25.3. The van der Waals surface area contributed by atoms with Gasteiger partial charge in [0.05, 0.1) is 5.69 Å². The largest absolute Gasteiger partial charge is 0.348 e. The van der Waals surface area contributed by atoms with Gasteiger partial charge in [0.15, 0.2) is 5.13 Å². The third kappa shape index (κ3) is 4.59. The number of nitrogens with zero attached hydrogens (tertiary/aromatic N) is 2. The average Bonchev–Trinajstić information content (AvgIpc) is 3.43. The zero-order chi connectivity index (χ0) is 24.5. The second kappa shape index (κ2) is 10.5. The Hall–Kier alpha value is -1.39. The molecule has 0 amide bonds. The fraction of sp³-hybridized carbons (Fsp3) is 0.710. The number of piperidine rings is 2. The SMILES string of the molecule is CCC1(CC)CCC(CC)(CC)c2cc(-c3csc(N4CCC(C5CCNCC5)CC4)n3)ccc21. The summed E-state index contributed by atoms with van der Waals surface area (Å²) in [5.74, 6) is 1.86. The zero-order valence-corrected chi connectivity index (χ0v) is 23.5. The lowest BCUT2D eigenvalue weighted by Crippen LogP contribution is -2.39. The van der Waals surface area contributed by atoms with Crippen LogP contribution in [-0.4, -0.2) is 31.2 Å². The summed E-state index contributed by atoms with van der Waals surface area (Å²) in [5, 5.41) is 7.07. The van der Waals surface area contributed by atoms with Crippen molar-refractivity contribution in [2.45, 2.75) is 103 Å². The molecule has 4 heteroatoms. The number of benzene rings is 1. The number of hydrogen-bond donors (Lipinski definition) is 1. The van der Waals surface area contributed by atoms with Crippen LogP contribution in [0.4, 0.5) is 5.13 Å². The van der Waals surface area contributed by atoms with E-state index in [-0.39, 0.29) is 0 Å². The second-order valence-electron chi connectivity index (χ2n) is 11.7. The number of nitrogens with one attached hydrogen (secondary N) is 1. The lowest BCUT2D eigenvalue weighted by atomic mass is 9.57. The van der Waals surface area contributed by atoms with Gasteiger partial charge in [-0.3, -0.25) is 0 Å². The van der Waals surface area contributed by atoms with Gasteiger partial charge < -0.3 is 10.2 Å². The van der Waals surface area contributed by atoms with Gasteiger partial charge >= 0.3 is 0 Å². The van der Waals surface area contributed by atoms with E-state index >= 15 is 0 Å². The Bertz CT molecular complexity index is 973. The molecule has 2 aliphatic heterocycles. The number of anilines is 1. The van der Waals surface area contributed by atoms with Crippen LogP contribution in [0.1, 0.15) is 103 Å². The van der Waals surface area contributed by atoms with Gasteiger partial charge in [0, 0.05) is 24.0 Å². The highest BCUT2D eigenvalue weighted by Crippen LogP contribution is 2.53. The van der Waals surface area contributed by atoms with E-state index < -0.39 is 0 Å². The molecule has 0 saturated carbocycles. The molecule has 3 aliphatic rings. The standard InChI is InChI=1S/C31H47N3S/c1-5-30(6-2)15-16-31(7-3,8-4)27-21-25(9-10-26(27)30)28-22-35-29(33-28)34-19-13-24(14-20-34)23-11-17-32-18-12-23/h9-10,21-24,32H,5-8,11-20H2,1-4H3. The van der Waals surface area contributed by atoms with Gasteiger partial charge in [-0.15, -0.1) is 11.3 Å². The third-order valence-corrected chi connectivity index (χ3v) is 11.5. The molecule has 1 aromatic heterocycles. The monoisotopic (exact) mass is 493 g/mol. The third-order valence-electron chi connectivity index (χ3n) is 10.6. The molecule has 192 valence electrons. The molecular formula is C31H47N3S. The van der Waals surface area contributed by atoms with Crippen molar-refractivity contribution in [3.8, 4) is 11.3 Å². The molecule has 35 heavy (non-hydrogen) atoms. The van der Waals surface area contributed by atoms with E-state index in [9.17, 15) is 0 Å². The van der Waals surface area contributed by atoms with Crippen molar-refractivity contribution < 1.29 is 0 Å². The fourth-order valence-corrected chi connectivity index (χ4v) is 8.63. The first-order valence-corrected chi connectivity index (χ1v) is 15.5. The van der Waals surface area contributed by atoms with Crippen LogP contribution in [0.2, 0.25) is 0 Å². The number of rotatable bonds is 7. The van der Waals surface area contributed by atoms with Gasteiger partial charge in [0.1, 0.15) is 0 Å². The summed E-state index contributed by atoms with van der Waals surface area (Å²) in [6.45, 7) is 14.4. The van der Waals surface area contributed by atoms with Crippen LogP contribution >= 0.6 is 11.3 Å². The Kier molecular flexibility index (Phi) is 7.61. The fourth-order valence-electron chi connectivity index (χ4n) is 7.74. The van der Waals surface area contributed by atoms with Crippen molar-refractivity contribution in [3.63, 3.8) is 0 Å². The number of hydrogen-bond acceptors (Lipinski definition) is 4. The summed E-state index contributed by atoms with van der Waals surface area (Å²) in [7, 11) is 0. The van der Waals surface area contributed by atoms with Gasteiger partial charge in [-0.05, 0) is 117 Å². The zero-order valence-electron chi connectivity index (χ0n) is 22.7.